The summed E-state index contributed by atoms with van der Waals surface area (Å²) in [6.45, 7) is 0.539. The summed E-state index contributed by atoms with van der Waals surface area (Å²) in [5.74, 6) is -0.440. The lowest BCUT2D eigenvalue weighted by Gasteiger charge is -2.03. The van der Waals surface area contributed by atoms with E-state index in [1.807, 2.05) is 6.07 Å². The number of halogens is 1. The summed E-state index contributed by atoms with van der Waals surface area (Å²) >= 11 is 3.22. The molecule has 5 heteroatoms. The molecule has 0 unspecified atom stereocenters. The van der Waals surface area contributed by atoms with E-state index in [9.17, 15) is 4.79 Å². The molecule has 0 aliphatic heterocycles. The summed E-state index contributed by atoms with van der Waals surface area (Å²) in [4.78, 5) is 15.2. The van der Waals surface area contributed by atoms with Crippen LogP contribution in [0.2, 0.25) is 0 Å². The summed E-state index contributed by atoms with van der Waals surface area (Å²) in [6, 6.07) is 3.52. The second kappa shape index (κ2) is 5.07. The average Bonchev–Trinajstić information content (AvgIpc) is 2.16. The van der Waals surface area contributed by atoms with E-state index in [0.29, 0.717) is 23.3 Å². The highest BCUT2D eigenvalue weighted by atomic mass is 79.9. The number of hydrogen-bond acceptors (Lipinski definition) is 4. The Morgan fingerprint density at radius 3 is 2.93 bits per heavy atom. The fourth-order valence-electron chi connectivity index (χ4n) is 1.07. The number of rotatable bonds is 3. The number of ether oxygens (including phenoxy) is 1. The summed E-state index contributed by atoms with van der Waals surface area (Å²) < 4.78 is 5.19. The normalized spacial score (nSPS) is 9.93. The molecule has 0 aliphatic rings. The van der Waals surface area contributed by atoms with Gasteiger partial charge in [0.2, 0.25) is 0 Å². The number of pyridine rings is 1. The van der Waals surface area contributed by atoms with Crippen molar-refractivity contribution in [3.63, 3.8) is 0 Å². The zero-order chi connectivity index (χ0) is 10.6. The number of nitrogens with two attached hydrogens (primary N) is 1. The quantitative estimate of drug-likeness (QED) is 0.652. The van der Waals surface area contributed by atoms with Gasteiger partial charge in [0.05, 0.1) is 7.11 Å². The smallest absolute Gasteiger partial charge is 0.356 e. The Bertz CT molecular complexity index is 342. The summed E-state index contributed by atoms with van der Waals surface area (Å²) in [5.41, 5.74) is 6.68. The first-order chi connectivity index (χ1) is 6.67. The van der Waals surface area contributed by atoms with Gasteiger partial charge >= 0.3 is 5.97 Å². The standard InChI is InChI=1S/C9H11BrN2O2/c1-14-9(13)7-4-6(2-3-11)5-8(10)12-7/h4-5H,2-3,11H2,1H3. The van der Waals surface area contributed by atoms with Gasteiger partial charge in [-0.05, 0) is 46.6 Å². The van der Waals surface area contributed by atoms with Crippen molar-refractivity contribution in [1.29, 1.82) is 0 Å². The largest absolute Gasteiger partial charge is 0.464 e. The topological polar surface area (TPSA) is 65.2 Å². The predicted octanol–water partition coefficient (Wildman–Crippen LogP) is 1.13. The van der Waals surface area contributed by atoms with Crippen LogP contribution in [0.15, 0.2) is 16.7 Å². The van der Waals surface area contributed by atoms with Crippen LogP contribution in [0.5, 0.6) is 0 Å². The summed E-state index contributed by atoms with van der Waals surface area (Å²) in [7, 11) is 1.33. The van der Waals surface area contributed by atoms with E-state index in [0.717, 1.165) is 5.56 Å². The molecule has 0 bridgehead atoms. The predicted molar refractivity (Wildman–Crippen MR) is 56.0 cm³/mol. The molecule has 0 radical (unpaired) electrons. The lowest BCUT2D eigenvalue weighted by molar-refractivity contribution is 0.0593. The molecule has 1 aromatic heterocycles. The number of hydrogen-bond donors (Lipinski definition) is 1. The fraction of sp³-hybridized carbons (Fsp3) is 0.333. The highest BCUT2D eigenvalue weighted by Crippen LogP contribution is 2.12. The van der Waals surface area contributed by atoms with Gasteiger partial charge in [-0.1, -0.05) is 0 Å². The van der Waals surface area contributed by atoms with E-state index in [4.69, 9.17) is 5.73 Å². The van der Waals surface area contributed by atoms with Crippen LogP contribution in [0.4, 0.5) is 0 Å². The van der Waals surface area contributed by atoms with E-state index in [2.05, 4.69) is 25.7 Å². The molecular weight excluding hydrogens is 248 g/mol. The Morgan fingerprint density at radius 2 is 2.36 bits per heavy atom. The molecule has 0 saturated heterocycles. The highest BCUT2D eigenvalue weighted by Gasteiger charge is 2.09. The molecule has 0 aliphatic carbocycles. The molecule has 2 N–H and O–H groups in total. The average molecular weight is 259 g/mol. The molecule has 0 amide bonds. The maximum Gasteiger partial charge on any atom is 0.356 e. The fourth-order valence-corrected chi connectivity index (χ4v) is 1.56. The Labute approximate surface area is 90.6 Å². The van der Waals surface area contributed by atoms with Crippen LogP contribution in [0.3, 0.4) is 0 Å². The van der Waals surface area contributed by atoms with Crippen molar-refractivity contribution in [3.8, 4) is 0 Å². The van der Waals surface area contributed by atoms with Gasteiger partial charge < -0.3 is 10.5 Å². The number of nitrogens with zero attached hydrogens (tertiary/aromatic N) is 1. The monoisotopic (exact) mass is 258 g/mol. The van der Waals surface area contributed by atoms with Crippen LogP contribution < -0.4 is 5.73 Å². The van der Waals surface area contributed by atoms with Crippen LogP contribution in [0.1, 0.15) is 16.1 Å². The van der Waals surface area contributed by atoms with Gasteiger partial charge in [-0.3, -0.25) is 0 Å². The van der Waals surface area contributed by atoms with Crippen molar-refractivity contribution in [2.24, 2.45) is 5.73 Å². The van der Waals surface area contributed by atoms with Crippen molar-refractivity contribution in [3.05, 3.63) is 28.0 Å². The molecule has 0 fully saturated rings. The van der Waals surface area contributed by atoms with Crippen LogP contribution in [0, 0.1) is 0 Å². The molecule has 0 atom stereocenters. The van der Waals surface area contributed by atoms with Crippen LogP contribution in [-0.4, -0.2) is 24.6 Å². The van der Waals surface area contributed by atoms with Gasteiger partial charge in [0.15, 0.2) is 0 Å². The van der Waals surface area contributed by atoms with E-state index in [1.54, 1.807) is 6.07 Å². The van der Waals surface area contributed by atoms with E-state index in [-0.39, 0.29) is 0 Å². The minimum Gasteiger partial charge on any atom is -0.464 e. The third kappa shape index (κ3) is 2.78. The van der Waals surface area contributed by atoms with E-state index < -0.39 is 5.97 Å². The maximum atomic E-state index is 11.2. The molecule has 0 aromatic carbocycles. The maximum absolute atomic E-state index is 11.2. The van der Waals surface area contributed by atoms with Crippen LogP contribution >= 0.6 is 15.9 Å². The Morgan fingerprint density at radius 1 is 1.64 bits per heavy atom. The van der Waals surface area contributed by atoms with Crippen molar-refractivity contribution in [2.75, 3.05) is 13.7 Å². The summed E-state index contributed by atoms with van der Waals surface area (Å²) in [6.07, 6.45) is 0.713. The van der Waals surface area contributed by atoms with Crippen molar-refractivity contribution >= 4 is 21.9 Å². The van der Waals surface area contributed by atoms with Crippen LogP contribution in [-0.2, 0) is 11.2 Å². The van der Waals surface area contributed by atoms with Gasteiger partial charge in [0.1, 0.15) is 10.3 Å². The van der Waals surface area contributed by atoms with Crippen molar-refractivity contribution in [1.82, 2.24) is 4.98 Å². The number of methoxy groups -OCH3 is 1. The molecule has 1 aromatic rings. The highest BCUT2D eigenvalue weighted by molar-refractivity contribution is 9.10. The summed E-state index contributed by atoms with van der Waals surface area (Å²) in [5, 5.41) is 0. The number of carbonyl (C=O) groups is 1. The molecule has 14 heavy (non-hydrogen) atoms. The Hall–Kier alpha value is -0.940. The van der Waals surface area contributed by atoms with E-state index >= 15 is 0 Å². The first-order valence-corrected chi connectivity index (χ1v) is 4.91. The minimum absolute atomic E-state index is 0.297. The third-order valence-corrected chi connectivity index (χ3v) is 2.09. The number of esters is 1. The zero-order valence-electron chi connectivity index (χ0n) is 7.79. The van der Waals surface area contributed by atoms with Gasteiger partial charge in [-0.15, -0.1) is 0 Å². The molecule has 4 nitrogen and oxygen atoms in total. The molecule has 0 spiro atoms. The second-order valence-electron chi connectivity index (χ2n) is 2.71. The first kappa shape index (κ1) is 11.1. The van der Waals surface area contributed by atoms with Gasteiger partial charge in [-0.2, -0.15) is 0 Å². The third-order valence-electron chi connectivity index (χ3n) is 1.68. The lowest BCUT2D eigenvalue weighted by atomic mass is 10.1. The van der Waals surface area contributed by atoms with Crippen molar-refractivity contribution in [2.45, 2.75) is 6.42 Å². The molecule has 1 rings (SSSR count). The zero-order valence-corrected chi connectivity index (χ0v) is 9.37. The second-order valence-corrected chi connectivity index (χ2v) is 3.53. The number of aromatic nitrogens is 1. The van der Waals surface area contributed by atoms with Gasteiger partial charge in [-0.25, -0.2) is 9.78 Å². The first-order valence-electron chi connectivity index (χ1n) is 4.12. The minimum atomic E-state index is -0.440. The SMILES string of the molecule is COC(=O)c1cc(CCN)cc(Br)n1. The lowest BCUT2D eigenvalue weighted by Crippen LogP contribution is -2.08. The Kier molecular flexibility index (Phi) is 4.03. The molecule has 76 valence electrons. The van der Waals surface area contributed by atoms with Gasteiger partial charge in [0, 0.05) is 0 Å². The van der Waals surface area contributed by atoms with Gasteiger partial charge in [0.25, 0.3) is 0 Å². The van der Waals surface area contributed by atoms with E-state index in [1.165, 1.54) is 7.11 Å². The molecule has 0 saturated carbocycles. The Balaban J connectivity index is 3.00. The molecule has 1 heterocycles. The van der Waals surface area contributed by atoms with Crippen LogP contribution in [0.25, 0.3) is 0 Å². The van der Waals surface area contributed by atoms with Crippen molar-refractivity contribution < 1.29 is 9.53 Å². The molecular formula is C9H11BrN2O2. The number of carbonyl (C=O) groups excluding carboxylic acids is 1.